The first-order valence-electron chi connectivity index (χ1n) is 9.29. The molecule has 152 valence electrons. The Balaban J connectivity index is 3.13. The molecule has 3 atom stereocenters. The summed E-state index contributed by atoms with van der Waals surface area (Å²) in [6, 6.07) is -0.0252. The van der Waals surface area contributed by atoms with E-state index in [4.69, 9.17) is 18.9 Å². The van der Waals surface area contributed by atoms with E-state index in [0.29, 0.717) is 13.2 Å². The minimum Gasteiger partial charge on any atom is -0.385 e. The van der Waals surface area contributed by atoms with E-state index >= 15 is 0 Å². The van der Waals surface area contributed by atoms with Crippen molar-refractivity contribution in [3.63, 3.8) is 0 Å². The van der Waals surface area contributed by atoms with Crippen LogP contribution in [0.4, 0.5) is 0 Å². The van der Waals surface area contributed by atoms with Crippen LogP contribution < -0.4 is 5.43 Å². The predicted molar refractivity (Wildman–Crippen MR) is 101 cm³/mol. The topological polar surface area (TPSA) is 79.7 Å². The smallest absolute Gasteiger partial charge is 0.178 e. The maximum Gasteiger partial charge on any atom is 0.178 e. The fourth-order valence-corrected chi connectivity index (χ4v) is 2.86. The van der Waals surface area contributed by atoms with Crippen molar-refractivity contribution in [2.45, 2.75) is 64.2 Å². The van der Waals surface area contributed by atoms with E-state index in [1.54, 1.807) is 28.4 Å². The summed E-state index contributed by atoms with van der Waals surface area (Å²) in [6.45, 7) is 7.72. The Morgan fingerprint density at radius 2 is 1.35 bits per heavy atom. The van der Waals surface area contributed by atoms with Gasteiger partial charge in [0.1, 0.15) is 0 Å². The standard InChI is InChI=1S/C18H36N4O4/c1-8-15(18(25-6)26-7)21-22-16(13(2)9-11-23-4)19-20-17(22)14(3)10-12-24-5/h13-15,18,21H,8-12H2,1-7H3/t13-,14?,15-/m0/s1. The van der Waals surface area contributed by atoms with Gasteiger partial charge >= 0.3 is 0 Å². The zero-order valence-corrected chi connectivity index (χ0v) is 17.3. The number of methoxy groups -OCH3 is 4. The molecule has 0 aliphatic rings. The van der Waals surface area contributed by atoms with Crippen molar-refractivity contribution in [2.24, 2.45) is 0 Å². The highest BCUT2D eigenvalue weighted by Crippen LogP contribution is 2.23. The summed E-state index contributed by atoms with van der Waals surface area (Å²) >= 11 is 0. The molecule has 26 heavy (non-hydrogen) atoms. The lowest BCUT2D eigenvalue weighted by molar-refractivity contribution is -0.114. The molecule has 0 bridgehead atoms. The molecule has 0 aliphatic carbocycles. The minimum atomic E-state index is -0.355. The lowest BCUT2D eigenvalue weighted by atomic mass is 10.1. The van der Waals surface area contributed by atoms with Gasteiger partial charge in [-0.15, -0.1) is 10.2 Å². The van der Waals surface area contributed by atoms with Crippen LogP contribution in [0, 0.1) is 0 Å². The molecule has 1 aromatic heterocycles. The number of nitrogens with one attached hydrogen (secondary N) is 1. The van der Waals surface area contributed by atoms with Gasteiger partial charge in [0.05, 0.1) is 6.04 Å². The molecule has 8 heteroatoms. The second-order valence-corrected chi connectivity index (χ2v) is 6.60. The molecular weight excluding hydrogens is 336 g/mol. The van der Waals surface area contributed by atoms with Crippen molar-refractivity contribution in [2.75, 3.05) is 47.1 Å². The van der Waals surface area contributed by atoms with Crippen LogP contribution in [0.15, 0.2) is 0 Å². The molecule has 0 amide bonds. The first-order valence-corrected chi connectivity index (χ1v) is 9.29. The molecule has 1 rings (SSSR count). The number of rotatable bonds is 14. The van der Waals surface area contributed by atoms with Gasteiger partial charge in [-0.05, 0) is 19.3 Å². The van der Waals surface area contributed by atoms with Crippen molar-refractivity contribution >= 4 is 0 Å². The summed E-state index contributed by atoms with van der Waals surface area (Å²) in [5.41, 5.74) is 3.52. The van der Waals surface area contributed by atoms with Gasteiger partial charge in [-0.3, -0.25) is 0 Å². The maximum absolute atomic E-state index is 5.45. The number of aromatic nitrogens is 3. The second-order valence-electron chi connectivity index (χ2n) is 6.60. The van der Waals surface area contributed by atoms with E-state index in [1.807, 2.05) is 4.68 Å². The van der Waals surface area contributed by atoms with E-state index in [9.17, 15) is 0 Å². The fraction of sp³-hybridized carbons (Fsp3) is 0.889. The summed E-state index contributed by atoms with van der Waals surface area (Å²) in [5, 5.41) is 8.94. The Bertz CT molecular complexity index is 462. The Morgan fingerprint density at radius 1 is 0.885 bits per heavy atom. The van der Waals surface area contributed by atoms with Gasteiger partial charge in [-0.25, -0.2) is 4.68 Å². The molecule has 0 saturated carbocycles. The summed E-state index contributed by atoms with van der Waals surface area (Å²) in [6.07, 6.45) is 2.23. The summed E-state index contributed by atoms with van der Waals surface area (Å²) in [7, 11) is 6.72. The highest BCUT2D eigenvalue weighted by atomic mass is 16.7. The van der Waals surface area contributed by atoms with Gasteiger partial charge < -0.3 is 24.4 Å². The number of ether oxygens (including phenoxy) is 4. The van der Waals surface area contributed by atoms with Gasteiger partial charge in [0, 0.05) is 53.5 Å². The van der Waals surface area contributed by atoms with E-state index < -0.39 is 0 Å². The minimum absolute atomic E-state index is 0.0252. The lowest BCUT2D eigenvalue weighted by Crippen LogP contribution is -2.41. The number of nitrogens with zero attached hydrogens (tertiary/aromatic N) is 3. The molecule has 8 nitrogen and oxygen atoms in total. The molecule has 0 fully saturated rings. The summed E-state index contributed by atoms with van der Waals surface area (Å²) < 4.78 is 23.4. The molecule has 1 unspecified atom stereocenters. The van der Waals surface area contributed by atoms with Crippen LogP contribution in [0.25, 0.3) is 0 Å². The van der Waals surface area contributed by atoms with E-state index in [0.717, 1.165) is 30.9 Å². The van der Waals surface area contributed by atoms with Crippen molar-refractivity contribution in [3.8, 4) is 0 Å². The Kier molecular flexibility index (Phi) is 10.7. The quantitative estimate of drug-likeness (QED) is 0.503. The first kappa shape index (κ1) is 22.8. The van der Waals surface area contributed by atoms with Crippen LogP contribution in [-0.4, -0.2) is 68.9 Å². The van der Waals surface area contributed by atoms with E-state index in [1.165, 1.54) is 0 Å². The number of hydrogen-bond donors (Lipinski definition) is 1. The van der Waals surface area contributed by atoms with Gasteiger partial charge in [0.2, 0.25) is 0 Å². The van der Waals surface area contributed by atoms with E-state index in [-0.39, 0.29) is 24.2 Å². The molecule has 0 aliphatic heterocycles. The normalized spacial score (nSPS) is 15.2. The first-order chi connectivity index (χ1) is 12.5. The van der Waals surface area contributed by atoms with Gasteiger partial charge in [-0.1, -0.05) is 20.8 Å². The van der Waals surface area contributed by atoms with Crippen molar-refractivity contribution in [1.82, 2.24) is 14.9 Å². The predicted octanol–water partition coefficient (Wildman–Crippen LogP) is 2.50. The largest absolute Gasteiger partial charge is 0.385 e. The summed E-state index contributed by atoms with van der Waals surface area (Å²) in [5.74, 6) is 2.20. The third kappa shape index (κ3) is 6.19. The average molecular weight is 373 g/mol. The third-order valence-corrected chi connectivity index (χ3v) is 4.63. The maximum atomic E-state index is 5.45. The highest BCUT2D eigenvalue weighted by molar-refractivity contribution is 5.09. The molecule has 1 heterocycles. The molecule has 0 radical (unpaired) electrons. The van der Waals surface area contributed by atoms with Crippen LogP contribution in [0.3, 0.4) is 0 Å². The Hall–Kier alpha value is -1.22. The van der Waals surface area contributed by atoms with Crippen LogP contribution >= 0.6 is 0 Å². The summed E-state index contributed by atoms with van der Waals surface area (Å²) in [4.78, 5) is 0. The highest BCUT2D eigenvalue weighted by Gasteiger charge is 2.26. The van der Waals surface area contributed by atoms with Crippen molar-refractivity contribution < 1.29 is 18.9 Å². The third-order valence-electron chi connectivity index (χ3n) is 4.63. The van der Waals surface area contributed by atoms with Crippen molar-refractivity contribution in [3.05, 3.63) is 11.6 Å². The SMILES string of the molecule is CC[C@H](Nn1c(C(C)CCOC)nnc1[C@@H](C)CCOC)C(OC)OC. The van der Waals surface area contributed by atoms with Crippen LogP contribution in [0.2, 0.25) is 0 Å². The molecule has 0 saturated heterocycles. The monoisotopic (exact) mass is 372 g/mol. The van der Waals surface area contributed by atoms with Crippen LogP contribution in [0.1, 0.15) is 63.5 Å². The molecular formula is C18H36N4O4. The fourth-order valence-electron chi connectivity index (χ4n) is 2.86. The van der Waals surface area contributed by atoms with Crippen molar-refractivity contribution in [1.29, 1.82) is 0 Å². The molecule has 0 aromatic carbocycles. The van der Waals surface area contributed by atoms with Gasteiger partial charge in [0.15, 0.2) is 17.9 Å². The van der Waals surface area contributed by atoms with Gasteiger partial charge in [-0.2, -0.15) is 0 Å². The Morgan fingerprint density at radius 3 is 1.69 bits per heavy atom. The zero-order chi connectivity index (χ0) is 19.5. The molecule has 1 N–H and O–H groups in total. The Labute approximate surface area is 157 Å². The van der Waals surface area contributed by atoms with Gasteiger partial charge in [0.25, 0.3) is 0 Å². The average Bonchev–Trinajstić information content (AvgIpc) is 3.07. The molecule has 1 aromatic rings. The zero-order valence-electron chi connectivity index (χ0n) is 17.3. The number of hydrogen-bond acceptors (Lipinski definition) is 7. The lowest BCUT2D eigenvalue weighted by Gasteiger charge is -2.28. The van der Waals surface area contributed by atoms with Crippen LogP contribution in [-0.2, 0) is 18.9 Å². The van der Waals surface area contributed by atoms with E-state index in [2.05, 4.69) is 36.4 Å². The van der Waals surface area contributed by atoms with Crippen LogP contribution in [0.5, 0.6) is 0 Å². The molecule has 0 spiro atoms. The second kappa shape index (κ2) is 12.2.